The second-order valence-electron chi connectivity index (χ2n) is 6.73. The van der Waals surface area contributed by atoms with Gasteiger partial charge in [0.1, 0.15) is 0 Å². The molecule has 3 rings (SSSR count). The van der Waals surface area contributed by atoms with Crippen LogP contribution in [0.4, 0.5) is 0 Å². The van der Waals surface area contributed by atoms with Gasteiger partial charge in [-0.2, -0.15) is 0 Å². The van der Waals surface area contributed by atoms with E-state index >= 15 is 0 Å². The Morgan fingerprint density at radius 3 is 2.84 bits per heavy atom. The average Bonchev–Trinajstić information content (AvgIpc) is 2.85. The third-order valence-electron chi connectivity index (χ3n) is 5.12. The first-order chi connectivity index (χ1) is 9.33. The van der Waals surface area contributed by atoms with Crippen molar-refractivity contribution >= 4 is 0 Å². The molecule has 0 bridgehead atoms. The minimum Gasteiger partial charge on any atom is -0.316 e. The van der Waals surface area contributed by atoms with Crippen LogP contribution in [0.3, 0.4) is 0 Å². The fourth-order valence-electron chi connectivity index (χ4n) is 4.04. The van der Waals surface area contributed by atoms with Gasteiger partial charge in [-0.1, -0.05) is 37.6 Å². The number of rotatable bonds is 4. The van der Waals surface area contributed by atoms with Gasteiger partial charge < -0.3 is 5.32 Å². The topological polar surface area (TPSA) is 12.0 Å². The highest BCUT2D eigenvalue weighted by atomic mass is 14.9. The van der Waals surface area contributed by atoms with Crippen LogP contribution in [-0.4, -0.2) is 13.1 Å². The highest BCUT2D eigenvalue weighted by Gasteiger charge is 2.22. The predicted molar refractivity (Wildman–Crippen MR) is 81.5 cm³/mol. The molecular formula is C18H27N. The molecule has 1 fully saturated rings. The molecule has 3 atom stereocenters. The zero-order valence-electron chi connectivity index (χ0n) is 12.2. The molecule has 0 spiro atoms. The van der Waals surface area contributed by atoms with Crippen molar-refractivity contribution in [3.63, 3.8) is 0 Å². The van der Waals surface area contributed by atoms with Crippen molar-refractivity contribution in [3.05, 3.63) is 35.4 Å². The molecular weight excluding hydrogens is 230 g/mol. The molecule has 1 aromatic carbocycles. The normalized spacial score (nSPS) is 30.3. The zero-order chi connectivity index (χ0) is 13.1. The molecule has 0 aromatic heterocycles. The fourth-order valence-corrected chi connectivity index (χ4v) is 4.04. The van der Waals surface area contributed by atoms with Crippen LogP contribution in [0, 0.1) is 11.8 Å². The van der Waals surface area contributed by atoms with Crippen LogP contribution in [0.25, 0.3) is 0 Å². The summed E-state index contributed by atoms with van der Waals surface area (Å²) < 4.78 is 0. The molecule has 2 aliphatic rings. The van der Waals surface area contributed by atoms with Crippen molar-refractivity contribution in [1.82, 2.24) is 5.32 Å². The van der Waals surface area contributed by atoms with E-state index in [1.54, 1.807) is 11.1 Å². The monoisotopic (exact) mass is 257 g/mol. The van der Waals surface area contributed by atoms with E-state index in [2.05, 4.69) is 36.5 Å². The molecule has 0 saturated heterocycles. The Balaban J connectivity index is 1.51. The summed E-state index contributed by atoms with van der Waals surface area (Å²) in [6.07, 6.45) is 8.34. The molecule has 1 aromatic rings. The molecule has 1 N–H and O–H groups in total. The molecule has 104 valence electrons. The number of fused-ring (bicyclic) bond motifs is 1. The average molecular weight is 257 g/mol. The maximum absolute atomic E-state index is 3.76. The lowest BCUT2D eigenvalue weighted by atomic mass is 9.83. The Morgan fingerprint density at radius 2 is 2.00 bits per heavy atom. The highest BCUT2D eigenvalue weighted by Crippen LogP contribution is 2.32. The third-order valence-corrected chi connectivity index (χ3v) is 5.12. The summed E-state index contributed by atoms with van der Waals surface area (Å²) in [7, 11) is 0. The van der Waals surface area contributed by atoms with Crippen LogP contribution < -0.4 is 5.32 Å². The van der Waals surface area contributed by atoms with Gasteiger partial charge in [0, 0.05) is 6.54 Å². The van der Waals surface area contributed by atoms with Crippen LogP contribution in [0.5, 0.6) is 0 Å². The van der Waals surface area contributed by atoms with E-state index in [1.165, 1.54) is 51.6 Å². The van der Waals surface area contributed by atoms with E-state index in [0.717, 1.165) is 17.8 Å². The van der Waals surface area contributed by atoms with Crippen LogP contribution in [-0.2, 0) is 6.42 Å². The van der Waals surface area contributed by atoms with Gasteiger partial charge in [-0.25, -0.2) is 0 Å². The van der Waals surface area contributed by atoms with Crippen molar-refractivity contribution < 1.29 is 0 Å². The number of aryl methyl sites for hydroxylation is 1. The Labute approximate surface area is 117 Å². The van der Waals surface area contributed by atoms with E-state index in [9.17, 15) is 0 Å². The summed E-state index contributed by atoms with van der Waals surface area (Å²) >= 11 is 0. The minimum absolute atomic E-state index is 0.753. The van der Waals surface area contributed by atoms with Crippen molar-refractivity contribution in [2.24, 2.45) is 11.8 Å². The fraction of sp³-hybridized carbons (Fsp3) is 0.667. The number of hydrogen-bond donors (Lipinski definition) is 1. The van der Waals surface area contributed by atoms with Crippen LogP contribution in [0.2, 0.25) is 0 Å². The van der Waals surface area contributed by atoms with E-state index in [-0.39, 0.29) is 0 Å². The lowest BCUT2D eigenvalue weighted by molar-refractivity contribution is 0.440. The first-order valence-electron chi connectivity index (χ1n) is 8.11. The molecule has 2 aliphatic carbocycles. The van der Waals surface area contributed by atoms with Gasteiger partial charge in [-0.3, -0.25) is 0 Å². The lowest BCUT2D eigenvalue weighted by Crippen LogP contribution is -2.28. The molecule has 3 unspecified atom stereocenters. The molecule has 19 heavy (non-hydrogen) atoms. The zero-order valence-corrected chi connectivity index (χ0v) is 12.2. The molecule has 1 nitrogen and oxygen atoms in total. The van der Waals surface area contributed by atoms with Crippen molar-refractivity contribution in [1.29, 1.82) is 0 Å². The maximum Gasteiger partial charge on any atom is 0.00203 e. The standard InChI is InChI=1S/C18H27N/c1-14-9-10-15(11-14)12-19-13-17-7-4-6-16-5-2-3-8-18(16)17/h2-3,5,8,14-15,17,19H,4,6-7,9-13H2,1H3. The van der Waals surface area contributed by atoms with Gasteiger partial charge in [-0.15, -0.1) is 0 Å². The Bertz CT molecular complexity index is 412. The molecule has 1 saturated carbocycles. The van der Waals surface area contributed by atoms with Crippen LogP contribution in [0.1, 0.15) is 56.1 Å². The van der Waals surface area contributed by atoms with Gasteiger partial charge in [0.2, 0.25) is 0 Å². The smallest absolute Gasteiger partial charge is 0.00203 e. The quantitative estimate of drug-likeness (QED) is 0.855. The van der Waals surface area contributed by atoms with E-state index in [4.69, 9.17) is 0 Å². The summed E-state index contributed by atoms with van der Waals surface area (Å²) in [5.41, 5.74) is 3.20. The largest absolute Gasteiger partial charge is 0.316 e. The number of hydrogen-bond acceptors (Lipinski definition) is 1. The summed E-state index contributed by atoms with van der Waals surface area (Å²) in [4.78, 5) is 0. The van der Waals surface area contributed by atoms with Crippen LogP contribution in [0.15, 0.2) is 24.3 Å². The molecule has 0 heterocycles. The summed E-state index contributed by atoms with van der Waals surface area (Å²) in [5, 5.41) is 3.76. The Hall–Kier alpha value is -0.820. The number of nitrogens with one attached hydrogen (secondary N) is 1. The number of benzene rings is 1. The molecule has 0 aliphatic heterocycles. The predicted octanol–water partition coefficient (Wildman–Crippen LogP) is 4.13. The summed E-state index contributed by atoms with van der Waals surface area (Å²) in [5.74, 6) is 2.65. The Kier molecular flexibility index (Phi) is 4.22. The van der Waals surface area contributed by atoms with Gasteiger partial charge >= 0.3 is 0 Å². The van der Waals surface area contributed by atoms with Crippen molar-refractivity contribution in [2.75, 3.05) is 13.1 Å². The van der Waals surface area contributed by atoms with Gasteiger partial charge in [0.15, 0.2) is 0 Å². The molecule has 0 amide bonds. The summed E-state index contributed by atoms with van der Waals surface area (Å²) in [6, 6.07) is 9.06. The van der Waals surface area contributed by atoms with E-state index in [1.807, 2.05) is 0 Å². The Morgan fingerprint density at radius 1 is 1.11 bits per heavy atom. The minimum atomic E-state index is 0.753. The maximum atomic E-state index is 3.76. The second kappa shape index (κ2) is 6.09. The van der Waals surface area contributed by atoms with E-state index in [0.29, 0.717) is 0 Å². The van der Waals surface area contributed by atoms with Gasteiger partial charge in [0.25, 0.3) is 0 Å². The SMILES string of the molecule is CC1CCC(CNCC2CCCc3ccccc32)C1. The van der Waals surface area contributed by atoms with Crippen molar-refractivity contribution in [2.45, 2.75) is 51.4 Å². The first-order valence-corrected chi connectivity index (χ1v) is 8.11. The second-order valence-corrected chi connectivity index (χ2v) is 6.73. The summed E-state index contributed by atoms with van der Waals surface area (Å²) in [6.45, 7) is 4.82. The highest BCUT2D eigenvalue weighted by molar-refractivity contribution is 5.32. The van der Waals surface area contributed by atoms with Crippen LogP contribution >= 0.6 is 0 Å². The van der Waals surface area contributed by atoms with Gasteiger partial charge in [0.05, 0.1) is 0 Å². The third kappa shape index (κ3) is 3.20. The first kappa shape index (κ1) is 13.2. The molecule has 0 radical (unpaired) electrons. The lowest BCUT2D eigenvalue weighted by Gasteiger charge is -2.26. The van der Waals surface area contributed by atoms with Gasteiger partial charge in [-0.05, 0) is 67.5 Å². The van der Waals surface area contributed by atoms with E-state index < -0.39 is 0 Å². The molecule has 1 heteroatoms. The van der Waals surface area contributed by atoms with Crippen molar-refractivity contribution in [3.8, 4) is 0 Å².